The summed E-state index contributed by atoms with van der Waals surface area (Å²) in [5.74, 6) is -6.44. The Morgan fingerprint density at radius 3 is 2.21 bits per heavy atom. The summed E-state index contributed by atoms with van der Waals surface area (Å²) in [5, 5.41) is 9.94. The van der Waals surface area contributed by atoms with E-state index in [0.717, 1.165) is 38.4 Å². The number of nitrogens with two attached hydrogens (primary N) is 1. The van der Waals surface area contributed by atoms with Crippen LogP contribution in [-0.2, 0) is 19.1 Å². The number of ether oxygens (including phenoxy) is 3. The molecule has 2 aromatic rings. The molecule has 0 aromatic heterocycles. The average molecular weight is 455 g/mol. The Hall–Kier alpha value is -4.39. The van der Waals surface area contributed by atoms with E-state index in [1.54, 1.807) is 30.3 Å². The van der Waals surface area contributed by atoms with Crippen molar-refractivity contribution in [2.24, 2.45) is 5.73 Å². The van der Waals surface area contributed by atoms with E-state index in [9.17, 15) is 19.2 Å². The van der Waals surface area contributed by atoms with Gasteiger partial charge in [0.05, 0.1) is 50.2 Å². The fraction of sp³-hybridized carbons (Fsp3) is 0.174. The van der Waals surface area contributed by atoms with Crippen LogP contribution in [0.5, 0.6) is 5.75 Å². The minimum Gasteiger partial charge on any atom is -0.491 e. The first-order valence-corrected chi connectivity index (χ1v) is 9.49. The number of hydrogen-bond donors (Lipinski definition) is 1. The van der Waals surface area contributed by atoms with Crippen LogP contribution in [0.2, 0.25) is 0 Å². The predicted octanol–water partition coefficient (Wildman–Crippen LogP) is 2.87. The minimum atomic E-state index is -1.21. The van der Waals surface area contributed by atoms with Crippen LogP contribution in [-0.4, -0.2) is 33.3 Å². The van der Waals surface area contributed by atoms with Crippen LogP contribution in [0, 0.1) is 23.0 Å². The van der Waals surface area contributed by atoms with E-state index in [0.29, 0.717) is 5.56 Å². The van der Waals surface area contributed by atoms with Crippen LogP contribution in [0.4, 0.5) is 14.5 Å². The monoisotopic (exact) mass is 455 g/mol. The van der Waals surface area contributed by atoms with Gasteiger partial charge in [-0.3, -0.25) is 4.90 Å². The third-order valence-electron chi connectivity index (χ3n) is 5.08. The number of halogens is 2. The van der Waals surface area contributed by atoms with E-state index in [4.69, 9.17) is 19.9 Å². The Morgan fingerprint density at radius 1 is 1.03 bits per heavy atom. The first kappa shape index (κ1) is 23.3. The van der Waals surface area contributed by atoms with E-state index < -0.39 is 46.6 Å². The molecular weight excluding hydrogens is 436 g/mol. The summed E-state index contributed by atoms with van der Waals surface area (Å²) in [6, 6.07) is 12.2. The van der Waals surface area contributed by atoms with Crippen molar-refractivity contribution in [3.05, 3.63) is 82.3 Å². The number of carbonyl (C=O) groups excluding carboxylic acids is 2. The Balaban J connectivity index is 2.46. The van der Waals surface area contributed by atoms with Crippen molar-refractivity contribution in [3.63, 3.8) is 0 Å². The number of hydrogen-bond acceptors (Lipinski definition) is 8. The van der Waals surface area contributed by atoms with E-state index in [2.05, 4.69) is 0 Å². The molecule has 8 nitrogen and oxygen atoms in total. The maximum atomic E-state index is 15.2. The minimum absolute atomic E-state index is 0.156. The maximum absolute atomic E-state index is 15.2. The highest BCUT2D eigenvalue weighted by Crippen LogP contribution is 2.44. The quantitative estimate of drug-likeness (QED) is 0.685. The largest absolute Gasteiger partial charge is 0.491 e. The molecule has 0 amide bonds. The van der Waals surface area contributed by atoms with Gasteiger partial charge < -0.3 is 19.9 Å². The molecule has 1 atom stereocenters. The molecule has 0 saturated heterocycles. The summed E-state index contributed by atoms with van der Waals surface area (Å²) >= 11 is 0. The molecule has 0 saturated carbocycles. The molecule has 0 bridgehead atoms. The van der Waals surface area contributed by atoms with Gasteiger partial charge in [-0.05, 0) is 17.7 Å². The van der Waals surface area contributed by atoms with Gasteiger partial charge in [0.15, 0.2) is 17.4 Å². The molecule has 170 valence electrons. The van der Waals surface area contributed by atoms with Gasteiger partial charge in [0.1, 0.15) is 11.5 Å². The van der Waals surface area contributed by atoms with Crippen LogP contribution >= 0.6 is 0 Å². The average Bonchev–Trinajstić information content (AvgIpc) is 2.83. The fourth-order valence-electron chi connectivity index (χ4n) is 3.65. The molecule has 1 heterocycles. The summed E-state index contributed by atoms with van der Waals surface area (Å²) < 4.78 is 43.8. The van der Waals surface area contributed by atoms with Crippen molar-refractivity contribution in [2.45, 2.75) is 5.92 Å². The Morgan fingerprint density at radius 2 is 1.67 bits per heavy atom. The molecule has 0 fully saturated rings. The lowest BCUT2D eigenvalue weighted by atomic mass is 9.81. The molecule has 3 rings (SSSR count). The van der Waals surface area contributed by atoms with Gasteiger partial charge >= 0.3 is 11.9 Å². The van der Waals surface area contributed by atoms with E-state index in [1.807, 2.05) is 6.07 Å². The van der Waals surface area contributed by atoms with Crippen LogP contribution in [0.1, 0.15) is 11.5 Å². The van der Waals surface area contributed by atoms with Crippen molar-refractivity contribution in [2.75, 3.05) is 26.2 Å². The molecule has 2 N–H and O–H groups in total. The third-order valence-corrected chi connectivity index (χ3v) is 5.08. The maximum Gasteiger partial charge on any atom is 0.355 e. The number of esters is 2. The summed E-state index contributed by atoms with van der Waals surface area (Å²) in [6.07, 6.45) is 0. The highest BCUT2D eigenvalue weighted by molar-refractivity contribution is 6.06. The summed E-state index contributed by atoms with van der Waals surface area (Å²) in [7, 11) is 3.21. The van der Waals surface area contributed by atoms with E-state index >= 15 is 4.39 Å². The molecule has 0 aliphatic carbocycles. The van der Waals surface area contributed by atoms with Gasteiger partial charge in [-0.2, -0.15) is 5.26 Å². The zero-order valence-electron chi connectivity index (χ0n) is 17.9. The Labute approximate surface area is 188 Å². The lowest BCUT2D eigenvalue weighted by molar-refractivity contribution is -0.139. The topological polar surface area (TPSA) is 115 Å². The second kappa shape index (κ2) is 9.40. The van der Waals surface area contributed by atoms with Crippen molar-refractivity contribution >= 4 is 17.6 Å². The number of nitriles is 1. The molecule has 10 heteroatoms. The molecule has 1 unspecified atom stereocenters. The summed E-state index contributed by atoms with van der Waals surface area (Å²) in [5.41, 5.74) is 5.34. The SMILES string of the molecule is COC(=O)C1=C(C(=O)OC)N(c2ccc(F)c(OC)c2F)C(N)=C(C#N)C1c1ccccc1. The number of allylic oxidation sites excluding steroid dienone is 1. The second-order valence-electron chi connectivity index (χ2n) is 6.75. The molecule has 33 heavy (non-hydrogen) atoms. The number of nitrogens with zero attached hydrogens (tertiary/aromatic N) is 2. The third kappa shape index (κ3) is 3.85. The van der Waals surface area contributed by atoms with E-state index in [-0.39, 0.29) is 17.0 Å². The highest BCUT2D eigenvalue weighted by Gasteiger charge is 2.44. The lowest BCUT2D eigenvalue weighted by Gasteiger charge is -2.36. The number of anilines is 1. The van der Waals surface area contributed by atoms with Gasteiger partial charge in [-0.25, -0.2) is 18.4 Å². The fourth-order valence-corrected chi connectivity index (χ4v) is 3.65. The number of benzene rings is 2. The highest BCUT2D eigenvalue weighted by atomic mass is 19.1. The number of methoxy groups -OCH3 is 3. The number of carbonyl (C=O) groups is 2. The van der Waals surface area contributed by atoms with Gasteiger partial charge in [-0.1, -0.05) is 30.3 Å². The van der Waals surface area contributed by atoms with Crippen LogP contribution < -0.4 is 15.4 Å². The second-order valence-corrected chi connectivity index (χ2v) is 6.75. The lowest BCUT2D eigenvalue weighted by Crippen LogP contribution is -2.41. The van der Waals surface area contributed by atoms with Crippen molar-refractivity contribution in [3.8, 4) is 11.8 Å². The van der Waals surface area contributed by atoms with Gasteiger partial charge in [0.25, 0.3) is 0 Å². The first-order chi connectivity index (χ1) is 15.8. The van der Waals surface area contributed by atoms with Crippen molar-refractivity contribution in [1.82, 2.24) is 0 Å². The summed E-state index contributed by atoms with van der Waals surface area (Å²) in [6.45, 7) is 0. The molecular formula is C23H19F2N3O5. The Kier molecular flexibility index (Phi) is 6.63. The molecule has 0 spiro atoms. The van der Waals surface area contributed by atoms with Crippen molar-refractivity contribution in [1.29, 1.82) is 5.26 Å². The van der Waals surface area contributed by atoms with Gasteiger partial charge in [0, 0.05) is 0 Å². The van der Waals surface area contributed by atoms with E-state index in [1.165, 1.54) is 0 Å². The molecule has 0 radical (unpaired) electrons. The van der Waals surface area contributed by atoms with Crippen LogP contribution in [0.15, 0.2) is 65.1 Å². The molecule has 1 aliphatic heterocycles. The van der Waals surface area contributed by atoms with Crippen LogP contribution in [0.25, 0.3) is 0 Å². The van der Waals surface area contributed by atoms with Crippen LogP contribution in [0.3, 0.4) is 0 Å². The summed E-state index contributed by atoms with van der Waals surface area (Å²) in [4.78, 5) is 26.7. The molecule has 2 aromatic carbocycles. The first-order valence-electron chi connectivity index (χ1n) is 9.49. The number of rotatable bonds is 5. The normalized spacial score (nSPS) is 15.8. The Bertz CT molecular complexity index is 1220. The smallest absolute Gasteiger partial charge is 0.355 e. The predicted molar refractivity (Wildman–Crippen MR) is 112 cm³/mol. The molecule has 1 aliphatic rings. The zero-order chi connectivity index (χ0) is 24.3. The van der Waals surface area contributed by atoms with Gasteiger partial charge in [0.2, 0.25) is 0 Å². The zero-order valence-corrected chi connectivity index (χ0v) is 17.9. The van der Waals surface area contributed by atoms with Gasteiger partial charge in [-0.15, -0.1) is 0 Å². The van der Waals surface area contributed by atoms with Crippen molar-refractivity contribution < 1.29 is 32.6 Å². The standard InChI is InChI=1S/C23H19F2N3O5/c1-31-20-14(24)9-10-15(18(20)25)28-19(23(30)33-3)17(22(29)32-2)16(13(11-26)21(28)27)12-7-5-4-6-8-12/h4-10,16H,27H2,1-3H3.